The molecule has 0 amide bonds. The first kappa shape index (κ1) is 29.3. The lowest BCUT2D eigenvalue weighted by atomic mass is 9.86. The van der Waals surface area contributed by atoms with Crippen molar-refractivity contribution < 1.29 is 23.8 Å². The minimum atomic E-state index is -0.358. The summed E-state index contributed by atoms with van der Waals surface area (Å²) in [6.45, 7) is 11.4. The van der Waals surface area contributed by atoms with E-state index in [1.165, 1.54) is 0 Å². The third-order valence-electron chi connectivity index (χ3n) is 6.43. The molecule has 1 aliphatic rings. The van der Waals surface area contributed by atoms with Gasteiger partial charge < -0.3 is 14.2 Å². The van der Waals surface area contributed by atoms with E-state index in [9.17, 15) is 9.59 Å². The van der Waals surface area contributed by atoms with Crippen LogP contribution in [0.5, 0.6) is 17.2 Å². The highest BCUT2D eigenvalue weighted by Crippen LogP contribution is 2.39. The summed E-state index contributed by atoms with van der Waals surface area (Å²) in [5.41, 5.74) is 2.04. The number of hydrogen-bond acceptors (Lipinski definition) is 6. The van der Waals surface area contributed by atoms with Crippen LogP contribution in [0.1, 0.15) is 58.6 Å². The van der Waals surface area contributed by atoms with Gasteiger partial charge in [-0.05, 0) is 56.0 Å². The zero-order valence-electron chi connectivity index (χ0n) is 22.3. The second-order valence-corrected chi connectivity index (χ2v) is 10.8. The molecule has 0 saturated heterocycles. The van der Waals surface area contributed by atoms with Gasteiger partial charge in [-0.3, -0.25) is 14.5 Å². The van der Waals surface area contributed by atoms with Crippen LogP contribution in [-0.2, 0) is 22.4 Å². The minimum Gasteiger partial charge on any atom is -0.489 e. The largest absolute Gasteiger partial charge is 0.489 e. The number of carbonyl (C=O) groups is 2. The lowest BCUT2D eigenvalue weighted by molar-refractivity contribution is -0.140. The summed E-state index contributed by atoms with van der Waals surface area (Å²) >= 11 is 12.5. The Morgan fingerprint density at radius 2 is 1.59 bits per heavy atom. The quantitative estimate of drug-likeness (QED) is 0.227. The second kappa shape index (κ2) is 13.5. The van der Waals surface area contributed by atoms with Crippen LogP contribution < -0.4 is 14.2 Å². The zero-order valence-corrected chi connectivity index (χ0v) is 23.8. The molecule has 0 heterocycles. The maximum atomic E-state index is 12.5. The molecule has 0 spiro atoms. The Bertz CT molecular complexity index is 1080. The van der Waals surface area contributed by atoms with Gasteiger partial charge in [0, 0.05) is 18.2 Å². The van der Waals surface area contributed by atoms with Crippen molar-refractivity contribution in [1.82, 2.24) is 4.90 Å². The number of benzene rings is 2. The number of nitrogens with zero attached hydrogens (tertiary/aromatic N) is 1. The fourth-order valence-electron chi connectivity index (χ4n) is 4.38. The molecule has 0 aromatic heterocycles. The molecule has 1 atom stereocenters. The normalized spacial score (nSPS) is 15.1. The van der Waals surface area contributed by atoms with Crippen LogP contribution in [0.15, 0.2) is 30.3 Å². The van der Waals surface area contributed by atoms with E-state index in [0.717, 1.165) is 43.5 Å². The van der Waals surface area contributed by atoms with E-state index in [4.69, 9.17) is 37.4 Å². The van der Waals surface area contributed by atoms with Crippen molar-refractivity contribution in [2.75, 3.05) is 19.7 Å². The highest BCUT2D eigenvalue weighted by atomic mass is 35.5. The average molecular weight is 551 g/mol. The lowest BCUT2D eigenvalue weighted by Crippen LogP contribution is -2.42. The van der Waals surface area contributed by atoms with Crippen LogP contribution in [0.3, 0.4) is 0 Å². The van der Waals surface area contributed by atoms with Crippen molar-refractivity contribution >= 4 is 35.1 Å². The number of esters is 2. The van der Waals surface area contributed by atoms with Crippen molar-refractivity contribution in [1.29, 1.82) is 0 Å². The maximum Gasteiger partial charge on any atom is 0.313 e. The molecule has 3 rings (SSSR count). The van der Waals surface area contributed by atoms with E-state index in [-0.39, 0.29) is 23.8 Å². The molecular formula is C29H37Cl2NO5. The van der Waals surface area contributed by atoms with Crippen LogP contribution in [0.2, 0.25) is 10.0 Å². The molecule has 37 heavy (non-hydrogen) atoms. The van der Waals surface area contributed by atoms with Crippen LogP contribution in [0.4, 0.5) is 0 Å². The van der Waals surface area contributed by atoms with Gasteiger partial charge in [0.25, 0.3) is 0 Å². The molecule has 202 valence electrons. The number of halogens is 2. The first-order chi connectivity index (χ1) is 17.6. The average Bonchev–Trinajstić information content (AvgIpc) is 2.85. The van der Waals surface area contributed by atoms with Crippen molar-refractivity contribution in [2.24, 2.45) is 11.8 Å². The van der Waals surface area contributed by atoms with Gasteiger partial charge in [-0.1, -0.05) is 70.0 Å². The summed E-state index contributed by atoms with van der Waals surface area (Å²) in [5.74, 6) is -0.102. The third-order valence-corrected chi connectivity index (χ3v) is 7.03. The van der Waals surface area contributed by atoms with E-state index in [0.29, 0.717) is 46.4 Å². The first-order valence-corrected chi connectivity index (χ1v) is 13.8. The second-order valence-electron chi connectivity index (χ2n) is 10.0. The van der Waals surface area contributed by atoms with Crippen LogP contribution in [0, 0.1) is 11.8 Å². The number of carbonyl (C=O) groups excluding carboxylic acids is 2. The highest BCUT2D eigenvalue weighted by Gasteiger charge is 2.29. The standard InChI is InChI=1S/C29H37Cl2NO5/c1-6-14-32(15-16-35-27-23(30)8-7-9-24(27)31)21-11-12-22-20(17-21)10-13-25(36-28(33)18(2)3)26(22)37-29(34)19(4)5/h7-10,13,18-19,21H,6,11-12,14-17H2,1-5H3. The molecule has 0 N–H and O–H groups in total. The lowest BCUT2D eigenvalue weighted by Gasteiger charge is -2.35. The Morgan fingerprint density at radius 3 is 2.22 bits per heavy atom. The fourth-order valence-corrected chi connectivity index (χ4v) is 4.88. The van der Waals surface area contributed by atoms with E-state index in [1.54, 1.807) is 52.0 Å². The number of para-hydroxylation sites is 1. The summed E-state index contributed by atoms with van der Waals surface area (Å²) < 4.78 is 17.4. The van der Waals surface area contributed by atoms with Crippen LogP contribution >= 0.6 is 23.2 Å². The monoisotopic (exact) mass is 549 g/mol. The Labute approximate surface area is 230 Å². The Hall–Kier alpha value is -2.28. The van der Waals surface area contributed by atoms with Gasteiger partial charge in [-0.15, -0.1) is 0 Å². The first-order valence-electron chi connectivity index (χ1n) is 13.0. The molecule has 0 aliphatic heterocycles. The minimum absolute atomic E-state index is 0.292. The molecule has 1 unspecified atom stereocenters. The molecule has 0 radical (unpaired) electrons. The molecule has 2 aromatic carbocycles. The van der Waals surface area contributed by atoms with Gasteiger partial charge in [0.15, 0.2) is 17.2 Å². The van der Waals surface area contributed by atoms with E-state index >= 15 is 0 Å². The molecule has 2 aromatic rings. The molecule has 0 saturated carbocycles. The smallest absolute Gasteiger partial charge is 0.313 e. The van der Waals surface area contributed by atoms with Gasteiger partial charge in [0.2, 0.25) is 0 Å². The predicted molar refractivity (Wildman–Crippen MR) is 147 cm³/mol. The van der Waals surface area contributed by atoms with Gasteiger partial charge in [0.05, 0.1) is 21.9 Å². The van der Waals surface area contributed by atoms with Crippen molar-refractivity contribution in [3.63, 3.8) is 0 Å². The molecular weight excluding hydrogens is 513 g/mol. The van der Waals surface area contributed by atoms with Crippen LogP contribution in [-0.4, -0.2) is 42.6 Å². The van der Waals surface area contributed by atoms with Gasteiger partial charge >= 0.3 is 11.9 Å². The summed E-state index contributed by atoms with van der Waals surface area (Å²) in [6.07, 6.45) is 3.41. The number of rotatable bonds is 11. The summed E-state index contributed by atoms with van der Waals surface area (Å²) in [5, 5.41) is 0.997. The van der Waals surface area contributed by atoms with E-state index in [1.807, 2.05) is 6.07 Å². The number of ether oxygens (including phenoxy) is 3. The molecule has 6 nitrogen and oxygen atoms in total. The third kappa shape index (κ3) is 7.62. The van der Waals surface area contributed by atoms with Crippen molar-refractivity contribution in [2.45, 2.75) is 66.3 Å². The highest BCUT2D eigenvalue weighted by molar-refractivity contribution is 6.37. The summed E-state index contributed by atoms with van der Waals surface area (Å²) in [7, 11) is 0. The van der Waals surface area contributed by atoms with Gasteiger partial charge in [-0.2, -0.15) is 0 Å². The molecule has 1 aliphatic carbocycles. The van der Waals surface area contributed by atoms with Gasteiger partial charge in [0.1, 0.15) is 6.61 Å². The predicted octanol–water partition coefficient (Wildman–Crippen LogP) is 6.76. The Kier molecular flexibility index (Phi) is 10.7. The van der Waals surface area contributed by atoms with E-state index in [2.05, 4.69) is 11.8 Å². The molecule has 0 fully saturated rings. The van der Waals surface area contributed by atoms with Crippen LogP contribution in [0.25, 0.3) is 0 Å². The zero-order chi connectivity index (χ0) is 27.1. The van der Waals surface area contributed by atoms with Crippen molar-refractivity contribution in [3.05, 3.63) is 51.5 Å². The number of fused-ring (bicyclic) bond motifs is 1. The molecule has 8 heteroatoms. The molecule has 0 bridgehead atoms. The fraction of sp³-hybridized carbons (Fsp3) is 0.517. The Balaban J connectivity index is 1.78. The van der Waals surface area contributed by atoms with Crippen molar-refractivity contribution in [3.8, 4) is 17.2 Å². The number of hydrogen-bond donors (Lipinski definition) is 0. The SMILES string of the molecule is CCCN(CCOc1c(Cl)cccc1Cl)C1CCc2c(ccc(OC(=O)C(C)C)c2OC(=O)C(C)C)C1. The Morgan fingerprint density at radius 1 is 0.946 bits per heavy atom. The van der Waals surface area contributed by atoms with E-state index < -0.39 is 0 Å². The van der Waals surface area contributed by atoms with Gasteiger partial charge in [-0.25, -0.2) is 0 Å². The topological polar surface area (TPSA) is 65.1 Å². The maximum absolute atomic E-state index is 12.5. The summed E-state index contributed by atoms with van der Waals surface area (Å²) in [4.78, 5) is 27.3. The summed E-state index contributed by atoms with van der Waals surface area (Å²) in [6, 6.07) is 9.36.